The van der Waals surface area contributed by atoms with Gasteiger partial charge in [-0.05, 0) is 19.3 Å². The lowest BCUT2D eigenvalue weighted by molar-refractivity contribution is -0.148. The molecule has 0 heterocycles. The Labute approximate surface area is 397 Å². The van der Waals surface area contributed by atoms with Gasteiger partial charge >= 0.3 is 5.97 Å². The van der Waals surface area contributed by atoms with Crippen molar-refractivity contribution in [3.8, 4) is 0 Å². The van der Waals surface area contributed by atoms with Crippen molar-refractivity contribution in [1.82, 2.24) is 0 Å². The maximum Gasteiger partial charge on any atom is 0.314 e. The van der Waals surface area contributed by atoms with Gasteiger partial charge in [0.25, 0.3) is 0 Å². The van der Waals surface area contributed by atoms with Crippen LogP contribution in [0.25, 0.3) is 0 Å². The summed E-state index contributed by atoms with van der Waals surface area (Å²) in [5.41, 5.74) is 0. The van der Waals surface area contributed by atoms with Gasteiger partial charge in [0.05, 0.1) is 0 Å². The SMILES string of the molecule is CCCCCCCCCCCCCCCCCCCCCCCCC(CCCCCCCCCCCCCCCC)C(=O)C(CCCCCCCCCCCCCCCC)C(=O)O. The lowest BCUT2D eigenvalue weighted by atomic mass is 9.82. The lowest BCUT2D eigenvalue weighted by Gasteiger charge is -2.20. The molecule has 0 rings (SSSR count). The topological polar surface area (TPSA) is 54.4 Å². The molecule has 0 bridgehead atoms. The van der Waals surface area contributed by atoms with E-state index < -0.39 is 11.9 Å². The van der Waals surface area contributed by atoms with Gasteiger partial charge in [0, 0.05) is 5.92 Å². The summed E-state index contributed by atoms with van der Waals surface area (Å²) < 4.78 is 0. The van der Waals surface area contributed by atoms with Gasteiger partial charge < -0.3 is 5.11 Å². The maximum atomic E-state index is 13.9. The molecular weight excluding hydrogens is 769 g/mol. The second kappa shape index (κ2) is 53.8. The number of carbonyl (C=O) groups is 2. The minimum atomic E-state index is -0.866. The summed E-state index contributed by atoms with van der Waals surface area (Å²) in [6.45, 7) is 6.88. The van der Waals surface area contributed by atoms with Gasteiger partial charge in [-0.3, -0.25) is 9.59 Å². The number of aliphatic carboxylic acids is 1. The fraction of sp³-hybridized carbons (Fsp3) is 0.967. The normalized spacial score (nSPS) is 12.6. The van der Waals surface area contributed by atoms with Crippen LogP contribution in [0.1, 0.15) is 361 Å². The highest BCUT2D eigenvalue weighted by molar-refractivity contribution is 5.99. The molecule has 1 N–H and O–H groups in total. The number of ketones is 1. The molecule has 0 aromatic carbocycles. The van der Waals surface area contributed by atoms with E-state index in [2.05, 4.69) is 20.8 Å². The molecule has 0 saturated carbocycles. The fourth-order valence-corrected chi connectivity index (χ4v) is 10.2. The van der Waals surface area contributed by atoms with Crippen molar-refractivity contribution >= 4 is 11.8 Å². The number of unbranched alkanes of at least 4 members (excludes halogenated alkanes) is 47. The molecule has 3 nitrogen and oxygen atoms in total. The molecule has 0 saturated heterocycles. The van der Waals surface area contributed by atoms with E-state index in [4.69, 9.17) is 0 Å². The van der Waals surface area contributed by atoms with Crippen LogP contribution < -0.4 is 0 Å². The molecule has 63 heavy (non-hydrogen) atoms. The highest BCUT2D eigenvalue weighted by atomic mass is 16.4. The smallest absolute Gasteiger partial charge is 0.314 e. The summed E-state index contributed by atoms with van der Waals surface area (Å²) >= 11 is 0. The van der Waals surface area contributed by atoms with Gasteiger partial charge in [-0.25, -0.2) is 0 Å². The second-order valence-electron chi connectivity index (χ2n) is 21.0. The Bertz CT molecular complexity index is 883. The Kier molecular flexibility index (Phi) is 53.0. The van der Waals surface area contributed by atoms with Crippen LogP contribution in [0.5, 0.6) is 0 Å². The Hall–Kier alpha value is -0.860. The third-order valence-corrected chi connectivity index (χ3v) is 14.7. The Balaban J connectivity index is 4.34. The van der Waals surface area contributed by atoms with Crippen molar-refractivity contribution < 1.29 is 14.7 Å². The summed E-state index contributed by atoms with van der Waals surface area (Å²) in [4.78, 5) is 26.3. The van der Waals surface area contributed by atoms with E-state index in [9.17, 15) is 14.7 Å². The fourth-order valence-electron chi connectivity index (χ4n) is 10.2. The van der Waals surface area contributed by atoms with Crippen LogP contribution in [0.15, 0.2) is 0 Å². The van der Waals surface area contributed by atoms with Crippen LogP contribution in [-0.2, 0) is 9.59 Å². The van der Waals surface area contributed by atoms with Gasteiger partial charge in [0.1, 0.15) is 11.7 Å². The largest absolute Gasteiger partial charge is 0.481 e. The van der Waals surface area contributed by atoms with Crippen LogP contribution in [0.4, 0.5) is 0 Å². The van der Waals surface area contributed by atoms with E-state index in [1.54, 1.807) is 0 Å². The molecule has 0 fully saturated rings. The first-order chi connectivity index (χ1) is 31.1. The van der Waals surface area contributed by atoms with Gasteiger partial charge in [-0.2, -0.15) is 0 Å². The van der Waals surface area contributed by atoms with E-state index >= 15 is 0 Å². The van der Waals surface area contributed by atoms with Gasteiger partial charge in [-0.1, -0.05) is 342 Å². The number of Topliss-reactive ketones (excluding diaryl/α,β-unsaturated/α-hetero) is 1. The molecule has 0 aliphatic heterocycles. The molecular formula is C60H118O3. The molecule has 376 valence electrons. The van der Waals surface area contributed by atoms with Crippen molar-refractivity contribution in [3.05, 3.63) is 0 Å². The molecule has 0 aliphatic rings. The van der Waals surface area contributed by atoms with Crippen molar-refractivity contribution in [2.45, 2.75) is 361 Å². The number of rotatable bonds is 56. The van der Waals surface area contributed by atoms with Crippen molar-refractivity contribution in [2.24, 2.45) is 11.8 Å². The minimum Gasteiger partial charge on any atom is -0.481 e. The quantitative estimate of drug-likeness (QED) is 0.0489. The molecule has 2 unspecified atom stereocenters. The summed E-state index contributed by atoms with van der Waals surface area (Å²) in [5, 5.41) is 10.2. The summed E-state index contributed by atoms with van der Waals surface area (Å²) in [6.07, 6.45) is 69.7. The summed E-state index contributed by atoms with van der Waals surface area (Å²) in [7, 11) is 0. The van der Waals surface area contributed by atoms with Crippen LogP contribution in [0.3, 0.4) is 0 Å². The standard InChI is InChI=1S/C60H118O3/c1-4-7-10-13-16-19-22-25-28-29-30-31-32-33-34-35-37-40-43-46-49-52-55-57(54-51-48-45-42-39-36-26-23-20-17-14-11-8-5-2)59(61)58(60(62)63)56-53-50-47-44-41-38-27-24-21-18-15-12-9-6-3/h57-58H,4-56H2,1-3H3,(H,62,63). The molecule has 0 aromatic heterocycles. The van der Waals surface area contributed by atoms with Crippen molar-refractivity contribution in [1.29, 1.82) is 0 Å². The van der Waals surface area contributed by atoms with Crippen LogP contribution >= 0.6 is 0 Å². The van der Waals surface area contributed by atoms with Crippen molar-refractivity contribution in [2.75, 3.05) is 0 Å². The lowest BCUT2D eigenvalue weighted by Crippen LogP contribution is -2.30. The Morgan fingerprint density at radius 1 is 0.254 bits per heavy atom. The van der Waals surface area contributed by atoms with Crippen molar-refractivity contribution in [3.63, 3.8) is 0 Å². The average Bonchev–Trinajstić information content (AvgIpc) is 3.28. The van der Waals surface area contributed by atoms with E-state index in [1.165, 1.54) is 295 Å². The average molecular weight is 888 g/mol. The van der Waals surface area contributed by atoms with Gasteiger partial charge in [-0.15, -0.1) is 0 Å². The first-order valence-electron chi connectivity index (χ1n) is 29.8. The number of hydrogen-bond donors (Lipinski definition) is 1. The van der Waals surface area contributed by atoms with E-state index in [0.29, 0.717) is 6.42 Å². The monoisotopic (exact) mass is 887 g/mol. The summed E-state index contributed by atoms with van der Waals surface area (Å²) in [5.74, 6) is -1.65. The highest BCUT2D eigenvalue weighted by Gasteiger charge is 2.31. The van der Waals surface area contributed by atoms with Gasteiger partial charge in [0.2, 0.25) is 0 Å². The zero-order chi connectivity index (χ0) is 45.8. The number of carboxylic acid groups (broad SMARTS) is 1. The molecule has 2 atom stereocenters. The second-order valence-corrected chi connectivity index (χ2v) is 21.0. The molecule has 3 heteroatoms. The first-order valence-corrected chi connectivity index (χ1v) is 29.8. The van der Waals surface area contributed by atoms with E-state index in [1.807, 2.05) is 0 Å². The van der Waals surface area contributed by atoms with E-state index in [0.717, 1.165) is 38.5 Å². The Morgan fingerprint density at radius 3 is 0.587 bits per heavy atom. The number of carbonyl (C=O) groups excluding carboxylic acids is 1. The summed E-state index contributed by atoms with van der Waals surface area (Å²) in [6, 6.07) is 0. The number of hydrogen-bond acceptors (Lipinski definition) is 2. The first kappa shape index (κ1) is 62.1. The zero-order valence-electron chi connectivity index (χ0n) is 43.9. The van der Waals surface area contributed by atoms with Crippen LogP contribution in [0.2, 0.25) is 0 Å². The van der Waals surface area contributed by atoms with Gasteiger partial charge in [0.15, 0.2) is 0 Å². The molecule has 0 spiro atoms. The van der Waals surface area contributed by atoms with Crippen LogP contribution in [-0.4, -0.2) is 16.9 Å². The van der Waals surface area contributed by atoms with Crippen LogP contribution in [0, 0.1) is 11.8 Å². The third-order valence-electron chi connectivity index (χ3n) is 14.7. The predicted octanol–water partition coefficient (Wildman–Crippen LogP) is 21.6. The molecule has 0 amide bonds. The van der Waals surface area contributed by atoms with E-state index in [-0.39, 0.29) is 11.7 Å². The molecule has 0 aliphatic carbocycles. The Morgan fingerprint density at radius 2 is 0.413 bits per heavy atom. The highest BCUT2D eigenvalue weighted by Crippen LogP contribution is 2.27. The predicted molar refractivity (Wildman–Crippen MR) is 281 cm³/mol. The third kappa shape index (κ3) is 47.4. The maximum absolute atomic E-state index is 13.9. The molecule has 0 radical (unpaired) electrons. The molecule has 0 aromatic rings. The zero-order valence-corrected chi connectivity index (χ0v) is 43.9. The number of carboxylic acids is 1. The minimum absolute atomic E-state index is 0.0554.